The lowest BCUT2D eigenvalue weighted by molar-refractivity contribution is -0.384. The maximum atomic E-state index is 12.5. The lowest BCUT2D eigenvalue weighted by atomic mass is 10.1. The van der Waals surface area contributed by atoms with Crippen LogP contribution in [0.5, 0.6) is 0 Å². The minimum Gasteiger partial charge on any atom is -0.350 e. The Balaban J connectivity index is 2.15. The van der Waals surface area contributed by atoms with Crippen molar-refractivity contribution in [3.05, 3.63) is 39.3 Å². The lowest BCUT2D eigenvalue weighted by Crippen LogP contribution is -2.46. The van der Waals surface area contributed by atoms with Crippen molar-refractivity contribution in [1.82, 2.24) is 10.2 Å². The molecule has 0 fully saturated rings. The highest BCUT2D eigenvalue weighted by atomic mass is 32.1. The summed E-state index contributed by atoms with van der Waals surface area (Å²) in [6.45, 7) is 5.55. The van der Waals surface area contributed by atoms with Crippen LogP contribution in [-0.4, -0.2) is 40.8 Å². The van der Waals surface area contributed by atoms with E-state index in [-0.39, 0.29) is 29.6 Å². The van der Waals surface area contributed by atoms with E-state index >= 15 is 0 Å². The lowest BCUT2D eigenvalue weighted by Gasteiger charge is -2.23. The summed E-state index contributed by atoms with van der Waals surface area (Å²) in [6, 6.07) is 6.09. The third kappa shape index (κ3) is 4.29. The van der Waals surface area contributed by atoms with Gasteiger partial charge in [0, 0.05) is 34.8 Å². The Kier molecular flexibility index (Phi) is 4.88. The van der Waals surface area contributed by atoms with Crippen LogP contribution < -0.4 is 5.32 Å². The molecule has 0 aliphatic heterocycles. The van der Waals surface area contributed by atoms with Crippen LogP contribution in [0.1, 0.15) is 30.4 Å². The van der Waals surface area contributed by atoms with Crippen LogP contribution in [0.25, 0.3) is 10.1 Å². The molecule has 0 atom stereocenters. The molecule has 2 rings (SSSR count). The number of hydrogen-bond donors (Lipinski definition) is 1. The summed E-state index contributed by atoms with van der Waals surface area (Å²) in [5.41, 5.74) is -0.380. The van der Waals surface area contributed by atoms with Crippen molar-refractivity contribution in [2.75, 3.05) is 13.6 Å². The fourth-order valence-electron chi connectivity index (χ4n) is 2.18. The number of nitro benzene ring substituents is 1. The predicted molar refractivity (Wildman–Crippen MR) is 93.3 cm³/mol. The number of nitrogens with one attached hydrogen (secondary N) is 1. The number of thiophene rings is 1. The Labute approximate surface area is 143 Å². The molecule has 0 aliphatic carbocycles. The third-order valence-electron chi connectivity index (χ3n) is 3.16. The van der Waals surface area contributed by atoms with E-state index in [1.807, 2.05) is 20.8 Å². The van der Waals surface area contributed by atoms with Crippen molar-refractivity contribution in [2.24, 2.45) is 0 Å². The van der Waals surface area contributed by atoms with Gasteiger partial charge in [-0.05, 0) is 32.9 Å². The van der Waals surface area contributed by atoms with Gasteiger partial charge in [0.2, 0.25) is 5.91 Å². The first kappa shape index (κ1) is 17.9. The quantitative estimate of drug-likeness (QED) is 0.678. The van der Waals surface area contributed by atoms with Gasteiger partial charge < -0.3 is 10.2 Å². The molecule has 8 heteroatoms. The summed E-state index contributed by atoms with van der Waals surface area (Å²) in [6.07, 6.45) is 0. The van der Waals surface area contributed by atoms with Crippen LogP contribution in [-0.2, 0) is 4.79 Å². The molecule has 0 aliphatic rings. The van der Waals surface area contributed by atoms with E-state index in [4.69, 9.17) is 0 Å². The first-order valence-electron chi connectivity index (χ1n) is 7.31. The van der Waals surface area contributed by atoms with E-state index in [0.29, 0.717) is 10.3 Å². The second-order valence-corrected chi connectivity index (χ2v) is 7.63. The van der Waals surface area contributed by atoms with E-state index in [1.165, 1.54) is 28.4 Å². The number of likely N-dealkylation sites (N-methyl/N-ethyl adjacent to an activating group) is 1. The van der Waals surface area contributed by atoms with Gasteiger partial charge in [-0.1, -0.05) is 0 Å². The fourth-order valence-corrected chi connectivity index (χ4v) is 3.22. The SMILES string of the molecule is CN(CC(=O)NC(C)(C)C)C(=O)c1cc2cc([N+](=O)[O-])ccc2s1. The number of carbonyl (C=O) groups is 2. The maximum Gasteiger partial charge on any atom is 0.270 e. The molecular formula is C16H19N3O4S. The van der Waals surface area contributed by atoms with E-state index in [0.717, 1.165) is 4.70 Å². The monoisotopic (exact) mass is 349 g/mol. The van der Waals surface area contributed by atoms with E-state index in [2.05, 4.69) is 5.32 Å². The molecular weight excluding hydrogens is 330 g/mol. The minimum absolute atomic E-state index is 0.0165. The van der Waals surface area contributed by atoms with Gasteiger partial charge in [0.1, 0.15) is 0 Å². The van der Waals surface area contributed by atoms with Crippen LogP contribution >= 0.6 is 11.3 Å². The van der Waals surface area contributed by atoms with Gasteiger partial charge in [0.15, 0.2) is 0 Å². The van der Waals surface area contributed by atoms with E-state index in [1.54, 1.807) is 19.2 Å². The van der Waals surface area contributed by atoms with Crippen molar-refractivity contribution < 1.29 is 14.5 Å². The molecule has 2 aromatic rings. The molecule has 1 aromatic heterocycles. The van der Waals surface area contributed by atoms with Crippen LogP contribution in [0, 0.1) is 10.1 Å². The summed E-state index contributed by atoms with van der Waals surface area (Å²) in [5, 5.41) is 14.3. The molecule has 24 heavy (non-hydrogen) atoms. The number of carbonyl (C=O) groups excluding carboxylic acids is 2. The Morgan fingerprint density at radius 2 is 1.96 bits per heavy atom. The number of nitro groups is 1. The van der Waals surface area contributed by atoms with Crippen LogP contribution in [0.3, 0.4) is 0 Å². The summed E-state index contributed by atoms with van der Waals surface area (Å²) in [5.74, 6) is -0.530. The second kappa shape index (κ2) is 6.56. The smallest absolute Gasteiger partial charge is 0.270 e. The van der Waals surface area contributed by atoms with Gasteiger partial charge >= 0.3 is 0 Å². The molecule has 2 amide bonds. The van der Waals surface area contributed by atoms with Crippen molar-refractivity contribution in [3.8, 4) is 0 Å². The average Bonchev–Trinajstić information content (AvgIpc) is 2.86. The standard InChI is InChI=1S/C16H19N3O4S/c1-16(2,3)17-14(20)9-18(4)15(21)13-8-10-7-11(19(22)23)5-6-12(10)24-13/h5-8H,9H2,1-4H3,(H,17,20). The summed E-state index contributed by atoms with van der Waals surface area (Å²) >= 11 is 1.25. The zero-order valence-corrected chi connectivity index (χ0v) is 14.8. The van der Waals surface area contributed by atoms with Crippen molar-refractivity contribution in [2.45, 2.75) is 26.3 Å². The van der Waals surface area contributed by atoms with Crippen LogP contribution in [0.2, 0.25) is 0 Å². The van der Waals surface area contributed by atoms with Crippen molar-refractivity contribution in [1.29, 1.82) is 0 Å². The molecule has 128 valence electrons. The highest BCUT2D eigenvalue weighted by Crippen LogP contribution is 2.29. The van der Waals surface area contributed by atoms with Crippen molar-refractivity contribution >= 4 is 38.9 Å². The highest BCUT2D eigenvalue weighted by Gasteiger charge is 2.20. The number of amides is 2. The number of hydrogen-bond acceptors (Lipinski definition) is 5. The first-order chi connectivity index (χ1) is 11.1. The van der Waals surface area contributed by atoms with Crippen molar-refractivity contribution in [3.63, 3.8) is 0 Å². The number of non-ortho nitro benzene ring substituents is 1. The van der Waals surface area contributed by atoms with Gasteiger partial charge in [0.25, 0.3) is 11.6 Å². The minimum atomic E-state index is -0.471. The summed E-state index contributed by atoms with van der Waals surface area (Å²) in [7, 11) is 1.55. The van der Waals surface area contributed by atoms with Gasteiger partial charge in [0.05, 0.1) is 16.3 Å². The Bertz CT molecular complexity index is 807. The highest BCUT2D eigenvalue weighted by molar-refractivity contribution is 7.20. The predicted octanol–water partition coefficient (Wildman–Crippen LogP) is 2.80. The second-order valence-electron chi connectivity index (χ2n) is 6.55. The van der Waals surface area contributed by atoms with E-state index < -0.39 is 4.92 Å². The largest absolute Gasteiger partial charge is 0.350 e. The molecule has 7 nitrogen and oxygen atoms in total. The molecule has 1 aromatic carbocycles. The van der Waals surface area contributed by atoms with Gasteiger partial charge in [-0.15, -0.1) is 11.3 Å². The number of rotatable bonds is 4. The van der Waals surface area contributed by atoms with Gasteiger partial charge in [-0.3, -0.25) is 19.7 Å². The molecule has 1 N–H and O–H groups in total. The average molecular weight is 349 g/mol. The topological polar surface area (TPSA) is 92.6 Å². The molecule has 0 spiro atoms. The summed E-state index contributed by atoms with van der Waals surface area (Å²) in [4.78, 5) is 36.5. The molecule has 0 unspecified atom stereocenters. The Hall–Kier alpha value is -2.48. The molecule has 0 saturated carbocycles. The number of nitrogens with zero attached hydrogens (tertiary/aromatic N) is 2. The van der Waals surface area contributed by atoms with Gasteiger partial charge in [-0.2, -0.15) is 0 Å². The Morgan fingerprint density at radius 3 is 2.54 bits per heavy atom. The Morgan fingerprint density at radius 1 is 1.29 bits per heavy atom. The van der Waals surface area contributed by atoms with Crippen LogP contribution in [0.4, 0.5) is 5.69 Å². The zero-order chi connectivity index (χ0) is 18.1. The van der Waals surface area contributed by atoms with Gasteiger partial charge in [-0.25, -0.2) is 0 Å². The molecule has 0 saturated heterocycles. The molecule has 0 radical (unpaired) electrons. The van der Waals surface area contributed by atoms with Crippen LogP contribution in [0.15, 0.2) is 24.3 Å². The first-order valence-corrected chi connectivity index (χ1v) is 8.13. The molecule has 0 bridgehead atoms. The zero-order valence-electron chi connectivity index (χ0n) is 14.0. The summed E-state index contributed by atoms with van der Waals surface area (Å²) < 4.78 is 0.788. The normalized spacial score (nSPS) is 11.3. The number of benzene rings is 1. The molecule has 1 heterocycles. The fraction of sp³-hybridized carbons (Fsp3) is 0.375. The number of fused-ring (bicyclic) bond motifs is 1. The maximum absolute atomic E-state index is 12.5. The third-order valence-corrected chi connectivity index (χ3v) is 4.27. The van der Waals surface area contributed by atoms with E-state index in [9.17, 15) is 19.7 Å².